The van der Waals surface area contributed by atoms with E-state index in [1.807, 2.05) is 19.1 Å². The maximum absolute atomic E-state index is 4.28. The first kappa shape index (κ1) is 10.5. The minimum Gasteiger partial charge on any atom is -0.368 e. The Balaban J connectivity index is 1.96. The third kappa shape index (κ3) is 1.97. The topological polar surface area (TPSA) is 37.8 Å². The van der Waals surface area contributed by atoms with Gasteiger partial charge in [0.2, 0.25) is 0 Å². The van der Waals surface area contributed by atoms with Crippen molar-refractivity contribution in [2.45, 2.75) is 26.7 Å². The van der Waals surface area contributed by atoms with Gasteiger partial charge in [0.1, 0.15) is 0 Å². The Hall–Kier alpha value is -1.64. The molecule has 1 aliphatic carbocycles. The van der Waals surface area contributed by atoms with Gasteiger partial charge < -0.3 is 5.32 Å². The van der Waals surface area contributed by atoms with Gasteiger partial charge in [0.15, 0.2) is 5.82 Å². The number of aryl methyl sites for hydroxylation is 1. The third-order valence-electron chi connectivity index (χ3n) is 3.66. The summed E-state index contributed by atoms with van der Waals surface area (Å²) in [5, 5.41) is 14.3. The summed E-state index contributed by atoms with van der Waals surface area (Å²) < 4.78 is 0. The fraction of sp³-hybridized carbons (Fsp3) is 0.429. The van der Waals surface area contributed by atoms with E-state index in [0.29, 0.717) is 5.41 Å². The Labute approximate surface area is 101 Å². The number of fused-ring (bicyclic) bond motifs is 1. The van der Waals surface area contributed by atoms with Crippen molar-refractivity contribution in [3.63, 3.8) is 0 Å². The second-order valence-electron chi connectivity index (χ2n) is 5.34. The lowest BCUT2D eigenvalue weighted by Gasteiger charge is -2.12. The van der Waals surface area contributed by atoms with Crippen molar-refractivity contribution in [1.82, 2.24) is 10.2 Å². The number of hydrogen-bond donors (Lipinski definition) is 1. The smallest absolute Gasteiger partial charge is 0.156 e. The molecule has 1 aliphatic rings. The van der Waals surface area contributed by atoms with Gasteiger partial charge >= 0.3 is 0 Å². The van der Waals surface area contributed by atoms with E-state index in [0.717, 1.165) is 18.1 Å². The highest BCUT2D eigenvalue weighted by atomic mass is 15.2. The molecule has 3 heteroatoms. The van der Waals surface area contributed by atoms with Crippen molar-refractivity contribution < 1.29 is 0 Å². The zero-order chi connectivity index (χ0) is 11.9. The minimum atomic E-state index is 0.480. The van der Waals surface area contributed by atoms with Crippen LogP contribution in [0, 0.1) is 12.3 Å². The molecule has 88 valence electrons. The Kier molecular flexibility index (Phi) is 2.28. The summed E-state index contributed by atoms with van der Waals surface area (Å²) in [6, 6.07) is 8.30. The largest absolute Gasteiger partial charge is 0.368 e. The summed E-state index contributed by atoms with van der Waals surface area (Å²) in [6.45, 7) is 5.31. The van der Waals surface area contributed by atoms with Crippen LogP contribution in [0.5, 0.6) is 0 Å². The average molecular weight is 227 g/mol. The fourth-order valence-electron chi connectivity index (χ4n) is 2.06. The predicted molar refractivity (Wildman–Crippen MR) is 70.1 cm³/mol. The molecule has 17 heavy (non-hydrogen) atoms. The normalized spacial score (nSPS) is 17.1. The Morgan fingerprint density at radius 1 is 1.18 bits per heavy atom. The number of rotatable bonds is 3. The molecule has 1 aromatic carbocycles. The number of benzene rings is 1. The first-order chi connectivity index (χ1) is 8.18. The monoisotopic (exact) mass is 227 g/mol. The first-order valence-electron chi connectivity index (χ1n) is 6.14. The van der Waals surface area contributed by atoms with Crippen molar-refractivity contribution >= 4 is 16.6 Å². The van der Waals surface area contributed by atoms with E-state index < -0.39 is 0 Å². The van der Waals surface area contributed by atoms with Gasteiger partial charge in [-0.1, -0.05) is 31.2 Å². The molecule has 1 saturated carbocycles. The second kappa shape index (κ2) is 3.69. The van der Waals surface area contributed by atoms with Gasteiger partial charge in [0, 0.05) is 17.3 Å². The quantitative estimate of drug-likeness (QED) is 0.875. The summed E-state index contributed by atoms with van der Waals surface area (Å²) in [5.41, 5.74) is 1.47. The maximum Gasteiger partial charge on any atom is 0.156 e. The summed E-state index contributed by atoms with van der Waals surface area (Å²) in [5.74, 6) is 0.916. The van der Waals surface area contributed by atoms with Crippen LogP contribution in [0.15, 0.2) is 24.3 Å². The molecule has 0 atom stereocenters. The standard InChI is InChI=1S/C14H17N3/c1-10-11-5-3-4-6-12(11)13(17-16-10)15-9-14(2)7-8-14/h3-6H,7-9H2,1-2H3,(H,15,17). The predicted octanol–water partition coefficient (Wildman–Crippen LogP) is 3.15. The van der Waals surface area contributed by atoms with Crippen molar-refractivity contribution in [2.24, 2.45) is 5.41 Å². The van der Waals surface area contributed by atoms with Crippen LogP contribution in [-0.2, 0) is 0 Å². The van der Waals surface area contributed by atoms with Crippen LogP contribution < -0.4 is 5.32 Å². The highest BCUT2D eigenvalue weighted by molar-refractivity contribution is 5.92. The molecule has 0 amide bonds. The Bertz CT molecular complexity index is 558. The zero-order valence-electron chi connectivity index (χ0n) is 10.3. The minimum absolute atomic E-state index is 0.480. The van der Waals surface area contributed by atoms with E-state index >= 15 is 0 Å². The van der Waals surface area contributed by atoms with Crippen LogP contribution in [0.1, 0.15) is 25.5 Å². The zero-order valence-corrected chi connectivity index (χ0v) is 10.3. The van der Waals surface area contributed by atoms with Gasteiger partial charge in [-0.3, -0.25) is 0 Å². The summed E-state index contributed by atoms with van der Waals surface area (Å²) in [6.07, 6.45) is 2.63. The molecule has 3 rings (SSSR count). The average Bonchev–Trinajstić information content (AvgIpc) is 3.08. The lowest BCUT2D eigenvalue weighted by atomic mass is 10.1. The molecule has 3 nitrogen and oxygen atoms in total. The first-order valence-corrected chi connectivity index (χ1v) is 6.14. The summed E-state index contributed by atoms with van der Waals surface area (Å²) >= 11 is 0. The van der Waals surface area contributed by atoms with Crippen molar-refractivity contribution in [2.75, 3.05) is 11.9 Å². The van der Waals surface area contributed by atoms with E-state index in [4.69, 9.17) is 0 Å². The van der Waals surface area contributed by atoms with Gasteiger partial charge in [-0.05, 0) is 25.2 Å². The van der Waals surface area contributed by atoms with Crippen LogP contribution in [-0.4, -0.2) is 16.7 Å². The molecule has 1 fully saturated rings. The lowest BCUT2D eigenvalue weighted by Crippen LogP contribution is -2.13. The van der Waals surface area contributed by atoms with E-state index in [9.17, 15) is 0 Å². The molecular weight excluding hydrogens is 210 g/mol. The third-order valence-corrected chi connectivity index (χ3v) is 3.66. The molecule has 1 aromatic heterocycles. The number of aromatic nitrogens is 2. The molecule has 0 unspecified atom stereocenters. The van der Waals surface area contributed by atoms with Gasteiger partial charge in [0.25, 0.3) is 0 Å². The van der Waals surface area contributed by atoms with E-state index in [1.165, 1.54) is 23.6 Å². The van der Waals surface area contributed by atoms with Gasteiger partial charge in [0.05, 0.1) is 5.69 Å². The van der Waals surface area contributed by atoms with Crippen LogP contribution in [0.2, 0.25) is 0 Å². The molecule has 1 N–H and O–H groups in total. The highest BCUT2D eigenvalue weighted by Crippen LogP contribution is 2.44. The fourth-order valence-corrected chi connectivity index (χ4v) is 2.06. The lowest BCUT2D eigenvalue weighted by molar-refractivity contribution is 0.609. The molecule has 2 aromatic rings. The Morgan fingerprint density at radius 3 is 2.59 bits per heavy atom. The Morgan fingerprint density at radius 2 is 1.88 bits per heavy atom. The summed E-state index contributed by atoms with van der Waals surface area (Å²) in [4.78, 5) is 0. The molecule has 0 radical (unpaired) electrons. The second-order valence-corrected chi connectivity index (χ2v) is 5.34. The van der Waals surface area contributed by atoms with E-state index in [-0.39, 0.29) is 0 Å². The number of nitrogens with zero attached hydrogens (tertiary/aromatic N) is 2. The van der Waals surface area contributed by atoms with Crippen molar-refractivity contribution in [1.29, 1.82) is 0 Å². The number of nitrogens with one attached hydrogen (secondary N) is 1. The van der Waals surface area contributed by atoms with Crippen LogP contribution in [0.25, 0.3) is 10.8 Å². The number of anilines is 1. The molecule has 0 spiro atoms. The van der Waals surface area contributed by atoms with Gasteiger partial charge in [-0.25, -0.2) is 0 Å². The maximum atomic E-state index is 4.28. The van der Waals surface area contributed by atoms with Crippen LogP contribution in [0.4, 0.5) is 5.82 Å². The SMILES string of the molecule is Cc1nnc(NCC2(C)CC2)c2ccccc12. The molecule has 0 saturated heterocycles. The molecular formula is C14H17N3. The van der Waals surface area contributed by atoms with Crippen LogP contribution >= 0.6 is 0 Å². The van der Waals surface area contributed by atoms with E-state index in [1.54, 1.807) is 0 Å². The van der Waals surface area contributed by atoms with E-state index in [2.05, 4.69) is 34.6 Å². The van der Waals surface area contributed by atoms with Gasteiger partial charge in [-0.2, -0.15) is 5.10 Å². The van der Waals surface area contributed by atoms with Crippen molar-refractivity contribution in [3.8, 4) is 0 Å². The van der Waals surface area contributed by atoms with Crippen molar-refractivity contribution in [3.05, 3.63) is 30.0 Å². The van der Waals surface area contributed by atoms with Crippen LogP contribution in [0.3, 0.4) is 0 Å². The molecule has 1 heterocycles. The molecule has 0 bridgehead atoms. The number of hydrogen-bond acceptors (Lipinski definition) is 3. The van der Waals surface area contributed by atoms with Gasteiger partial charge in [-0.15, -0.1) is 5.10 Å². The highest BCUT2D eigenvalue weighted by Gasteiger charge is 2.36. The summed E-state index contributed by atoms with van der Waals surface area (Å²) in [7, 11) is 0. The molecule has 0 aliphatic heterocycles.